The number of amides is 1. The predicted octanol–water partition coefficient (Wildman–Crippen LogP) is 4.24. The summed E-state index contributed by atoms with van der Waals surface area (Å²) in [5, 5.41) is 16.8. The molecule has 0 radical (unpaired) electrons. The van der Waals surface area contributed by atoms with Crippen LogP contribution in [0.15, 0.2) is 30.3 Å². The second-order valence-corrected chi connectivity index (χ2v) is 9.54. The molecule has 0 saturated carbocycles. The molecule has 0 unspecified atom stereocenters. The zero-order valence-corrected chi connectivity index (χ0v) is 21.1. The van der Waals surface area contributed by atoms with Crippen molar-refractivity contribution < 1.29 is 28.6 Å². The van der Waals surface area contributed by atoms with E-state index in [0.29, 0.717) is 38.6 Å². The average Bonchev–Trinajstić information content (AvgIpc) is 3.48. The van der Waals surface area contributed by atoms with Gasteiger partial charge in [-0.3, -0.25) is 10.2 Å². The van der Waals surface area contributed by atoms with E-state index in [1.807, 2.05) is 13.8 Å². The second kappa shape index (κ2) is 11.6. The monoisotopic (exact) mass is 525 g/mol. The molecule has 1 aromatic heterocycles. The Hall–Kier alpha value is -2.98. The van der Waals surface area contributed by atoms with Gasteiger partial charge in [-0.25, -0.2) is 14.0 Å². The number of likely N-dealkylation sites (tertiary alicyclic amines) is 1. The average molecular weight is 526 g/mol. The van der Waals surface area contributed by atoms with Gasteiger partial charge < -0.3 is 20.5 Å². The molecule has 1 aliphatic rings. The quantitative estimate of drug-likeness (QED) is 0.194. The van der Waals surface area contributed by atoms with E-state index in [0.717, 1.165) is 22.3 Å². The maximum atomic E-state index is 14.2. The summed E-state index contributed by atoms with van der Waals surface area (Å²) in [5.41, 5.74) is 4.74. The first kappa shape index (κ1) is 28.3. The lowest BCUT2D eigenvalue weighted by atomic mass is 9.77. The molecule has 8 nitrogen and oxygen atoms in total. The Balaban J connectivity index is 0.00000432. The molecule has 0 spiro atoms. The number of nitrogens with two attached hydrogens (primary N) is 1. The van der Waals surface area contributed by atoms with Gasteiger partial charge in [-0.2, -0.15) is 0 Å². The third-order valence-corrected chi connectivity index (χ3v) is 7.49. The summed E-state index contributed by atoms with van der Waals surface area (Å²) in [4.78, 5) is 40.1. The summed E-state index contributed by atoms with van der Waals surface area (Å²) in [6, 6.07) is 6.16. The minimum atomic E-state index is -0.989. The molecule has 1 aromatic carbocycles. The van der Waals surface area contributed by atoms with Crippen LogP contribution < -0.4 is 10.5 Å². The Morgan fingerprint density at radius 1 is 1.26 bits per heavy atom. The van der Waals surface area contributed by atoms with Gasteiger partial charge in [-0.1, -0.05) is 13.8 Å². The van der Waals surface area contributed by atoms with Gasteiger partial charge in [0.2, 0.25) is 5.91 Å². The standard InChI is InChI=1S/C24H28FN3O5S.ClH/c1-3-24(4-2,23(32)28-11-5-6-17(28)21(29)30)13-15-8-10-19(34-15)22(31)33-18-9-7-14(20(26)27)12-16(18)25;/h7-10,12,17H,3-6,11,13H2,1-2H3,(H3,26,27)(H,29,30);1H/t17-;/m0./s1. The first-order chi connectivity index (χ1) is 16.1. The fourth-order valence-corrected chi connectivity index (χ4v) is 5.29. The van der Waals surface area contributed by atoms with E-state index < -0.39 is 29.2 Å². The molecule has 11 heteroatoms. The van der Waals surface area contributed by atoms with E-state index in [1.165, 1.54) is 17.0 Å². The number of aliphatic carboxylic acids is 1. The number of amidine groups is 1. The smallest absolute Gasteiger partial charge is 0.353 e. The van der Waals surface area contributed by atoms with Crippen molar-refractivity contribution in [3.8, 4) is 5.75 Å². The summed E-state index contributed by atoms with van der Waals surface area (Å²) < 4.78 is 19.4. The van der Waals surface area contributed by atoms with Crippen LogP contribution in [0.3, 0.4) is 0 Å². The van der Waals surface area contributed by atoms with Gasteiger partial charge >= 0.3 is 11.9 Å². The van der Waals surface area contributed by atoms with Crippen molar-refractivity contribution in [1.29, 1.82) is 5.41 Å². The zero-order valence-electron chi connectivity index (χ0n) is 19.5. The van der Waals surface area contributed by atoms with Crippen LogP contribution in [0.5, 0.6) is 5.75 Å². The van der Waals surface area contributed by atoms with Crippen LogP contribution >= 0.6 is 23.7 Å². The molecule has 1 aliphatic heterocycles. The number of nitrogens with zero attached hydrogens (tertiary/aromatic N) is 1. The molecule has 1 amide bonds. The Kier molecular flexibility index (Phi) is 9.39. The number of hydrogen-bond donors (Lipinski definition) is 3. The normalized spacial score (nSPS) is 15.4. The van der Waals surface area contributed by atoms with Crippen LogP contribution in [0.4, 0.5) is 4.39 Å². The van der Waals surface area contributed by atoms with Crippen LogP contribution in [0.2, 0.25) is 0 Å². The van der Waals surface area contributed by atoms with E-state index in [4.69, 9.17) is 15.9 Å². The van der Waals surface area contributed by atoms with E-state index in [2.05, 4.69) is 0 Å². The summed E-state index contributed by atoms with van der Waals surface area (Å²) >= 11 is 1.16. The van der Waals surface area contributed by atoms with E-state index in [9.17, 15) is 23.9 Å². The van der Waals surface area contributed by atoms with Crippen LogP contribution in [-0.2, 0) is 16.0 Å². The Labute approximate surface area is 213 Å². The molecule has 0 aliphatic carbocycles. The van der Waals surface area contributed by atoms with E-state index in [1.54, 1.807) is 12.1 Å². The molecule has 2 aromatic rings. The maximum Gasteiger partial charge on any atom is 0.353 e. The molecule has 1 saturated heterocycles. The minimum absolute atomic E-state index is 0. The summed E-state index contributed by atoms with van der Waals surface area (Å²) in [6.45, 7) is 4.24. The number of carbonyl (C=O) groups is 3. The lowest BCUT2D eigenvalue weighted by molar-refractivity contribution is -0.153. The third kappa shape index (κ3) is 5.99. The number of carbonyl (C=O) groups excluding carboxylic acids is 2. The summed E-state index contributed by atoms with van der Waals surface area (Å²) in [7, 11) is 0. The van der Waals surface area contributed by atoms with Gasteiger partial charge in [0, 0.05) is 17.0 Å². The van der Waals surface area contributed by atoms with Crippen molar-refractivity contribution >= 4 is 47.4 Å². The lowest BCUT2D eigenvalue weighted by Gasteiger charge is -2.35. The number of carboxylic acids is 1. The fraction of sp³-hybridized carbons (Fsp3) is 0.417. The van der Waals surface area contributed by atoms with Crippen molar-refractivity contribution in [2.24, 2.45) is 11.1 Å². The molecule has 3 rings (SSSR count). The molecular weight excluding hydrogens is 497 g/mol. The SMILES string of the molecule is CCC(CC)(Cc1ccc(C(=O)Oc2ccc(C(=N)N)cc2F)s1)C(=O)N1CCC[C@H]1C(=O)O.Cl. The van der Waals surface area contributed by atoms with Gasteiger partial charge in [0.25, 0.3) is 0 Å². The molecule has 190 valence electrons. The first-order valence-electron chi connectivity index (χ1n) is 11.1. The topological polar surface area (TPSA) is 134 Å². The van der Waals surface area contributed by atoms with Crippen molar-refractivity contribution in [3.63, 3.8) is 0 Å². The van der Waals surface area contributed by atoms with Crippen LogP contribution in [0.1, 0.15) is 59.6 Å². The minimum Gasteiger partial charge on any atom is -0.480 e. The highest BCUT2D eigenvalue weighted by molar-refractivity contribution is 7.14. The number of halogens is 2. The van der Waals surface area contributed by atoms with E-state index in [-0.39, 0.29) is 40.3 Å². The van der Waals surface area contributed by atoms with Crippen molar-refractivity contribution in [1.82, 2.24) is 4.90 Å². The number of thiophene rings is 1. The molecule has 1 atom stereocenters. The molecule has 2 heterocycles. The molecule has 35 heavy (non-hydrogen) atoms. The number of ether oxygens (including phenoxy) is 1. The fourth-order valence-electron chi connectivity index (χ4n) is 4.27. The maximum absolute atomic E-state index is 14.2. The molecule has 0 bridgehead atoms. The summed E-state index contributed by atoms with van der Waals surface area (Å²) in [5.74, 6) is -3.28. The molecule has 1 fully saturated rings. The number of hydrogen-bond acceptors (Lipinski definition) is 6. The largest absolute Gasteiger partial charge is 0.480 e. The van der Waals surface area contributed by atoms with Gasteiger partial charge in [-0.05, 0) is 62.4 Å². The number of rotatable bonds is 9. The van der Waals surface area contributed by atoms with Gasteiger partial charge in [0.05, 0.1) is 5.41 Å². The summed E-state index contributed by atoms with van der Waals surface area (Å²) in [6.07, 6.45) is 2.52. The highest BCUT2D eigenvalue weighted by Gasteiger charge is 2.44. The Bertz CT molecular complexity index is 1120. The molecule has 4 N–H and O–H groups in total. The van der Waals surface area contributed by atoms with Crippen LogP contribution in [0.25, 0.3) is 0 Å². The number of esters is 1. The number of benzene rings is 1. The molecular formula is C24H29ClFN3O5S. The number of nitrogen functional groups attached to an aromatic ring is 1. The van der Waals surface area contributed by atoms with E-state index >= 15 is 0 Å². The number of carboxylic acid groups (broad SMARTS) is 1. The van der Waals surface area contributed by atoms with Crippen LogP contribution in [-0.4, -0.2) is 46.3 Å². The Morgan fingerprint density at radius 3 is 2.51 bits per heavy atom. The third-order valence-electron chi connectivity index (χ3n) is 6.43. The predicted molar refractivity (Wildman–Crippen MR) is 133 cm³/mol. The second-order valence-electron chi connectivity index (χ2n) is 8.37. The highest BCUT2D eigenvalue weighted by atomic mass is 35.5. The van der Waals surface area contributed by atoms with Crippen molar-refractivity contribution in [2.45, 2.75) is 52.0 Å². The Morgan fingerprint density at radius 2 is 1.94 bits per heavy atom. The van der Waals surface area contributed by atoms with Crippen molar-refractivity contribution in [3.05, 3.63) is 51.5 Å². The van der Waals surface area contributed by atoms with Gasteiger partial charge in [0.1, 0.15) is 16.8 Å². The van der Waals surface area contributed by atoms with Gasteiger partial charge in [0.15, 0.2) is 11.6 Å². The first-order valence-corrected chi connectivity index (χ1v) is 11.9. The highest BCUT2D eigenvalue weighted by Crippen LogP contribution is 2.38. The van der Waals surface area contributed by atoms with Crippen LogP contribution in [0, 0.1) is 16.6 Å². The lowest BCUT2D eigenvalue weighted by Crippen LogP contribution is -2.49. The van der Waals surface area contributed by atoms with Crippen molar-refractivity contribution in [2.75, 3.05) is 6.54 Å². The zero-order chi connectivity index (χ0) is 25.0. The number of nitrogens with one attached hydrogen (secondary N) is 1. The van der Waals surface area contributed by atoms with Gasteiger partial charge in [-0.15, -0.1) is 23.7 Å².